The monoisotopic (exact) mass is 301 g/mol. The second-order valence-corrected chi connectivity index (χ2v) is 5.66. The number of aromatic nitrogens is 1. The van der Waals surface area contributed by atoms with Crippen LogP contribution in [0.25, 0.3) is 10.9 Å². The number of ether oxygens (including phenoxy) is 1. The van der Waals surface area contributed by atoms with E-state index in [2.05, 4.69) is 22.9 Å². The highest BCUT2D eigenvalue weighted by Crippen LogP contribution is 2.33. The maximum atomic E-state index is 9.43. The van der Waals surface area contributed by atoms with Crippen molar-refractivity contribution in [2.24, 2.45) is 0 Å². The predicted octanol–water partition coefficient (Wildman–Crippen LogP) is 3.38. The topological polar surface area (TPSA) is 49.2 Å². The average Bonchev–Trinajstić information content (AvgIpc) is 2.71. The first kappa shape index (κ1) is 14.1. The quantitative estimate of drug-likeness (QED) is 0.810. The second kappa shape index (κ2) is 5.88. The molecule has 0 bridgehead atoms. The van der Waals surface area contributed by atoms with Crippen molar-refractivity contribution in [3.63, 3.8) is 0 Å². The molecule has 1 aliphatic rings. The number of benzene rings is 1. The van der Waals surface area contributed by atoms with E-state index in [4.69, 9.17) is 16.3 Å². The highest BCUT2D eigenvalue weighted by Gasteiger charge is 2.21. The van der Waals surface area contributed by atoms with Gasteiger partial charge in [-0.1, -0.05) is 23.7 Å². The average molecular weight is 302 g/mol. The van der Waals surface area contributed by atoms with Gasteiger partial charge < -0.3 is 9.64 Å². The fraction of sp³-hybridized carbons (Fsp3) is 0.375. The molecule has 2 heterocycles. The number of halogens is 1. The minimum atomic E-state index is 0.140. The second-order valence-electron chi connectivity index (χ2n) is 5.25. The molecule has 108 valence electrons. The maximum absolute atomic E-state index is 9.43. The van der Waals surface area contributed by atoms with E-state index in [1.54, 1.807) is 6.20 Å². The molecule has 0 radical (unpaired) electrons. The summed E-state index contributed by atoms with van der Waals surface area (Å²) in [6.45, 7) is 4.44. The Morgan fingerprint density at radius 1 is 1.48 bits per heavy atom. The van der Waals surface area contributed by atoms with Crippen LogP contribution in [0.1, 0.15) is 18.9 Å². The van der Waals surface area contributed by atoms with Crippen molar-refractivity contribution >= 4 is 28.2 Å². The minimum absolute atomic E-state index is 0.140. The lowest BCUT2D eigenvalue weighted by atomic mass is 10.1. The fourth-order valence-corrected chi connectivity index (χ4v) is 3.02. The summed E-state index contributed by atoms with van der Waals surface area (Å²) < 4.78 is 5.70. The summed E-state index contributed by atoms with van der Waals surface area (Å²) in [6, 6.07) is 7.94. The Hall–Kier alpha value is -1.83. The van der Waals surface area contributed by atoms with E-state index in [1.165, 1.54) is 0 Å². The first-order valence-corrected chi connectivity index (χ1v) is 7.42. The lowest BCUT2D eigenvalue weighted by Crippen LogP contribution is -2.31. The zero-order valence-electron chi connectivity index (χ0n) is 11.8. The highest BCUT2D eigenvalue weighted by molar-refractivity contribution is 6.35. The van der Waals surface area contributed by atoms with Crippen molar-refractivity contribution in [1.29, 1.82) is 5.26 Å². The van der Waals surface area contributed by atoms with E-state index in [0.717, 1.165) is 42.7 Å². The lowest BCUT2D eigenvalue weighted by Gasteiger charge is -2.26. The summed E-state index contributed by atoms with van der Waals surface area (Å²) >= 11 is 6.24. The van der Waals surface area contributed by atoms with Crippen molar-refractivity contribution < 1.29 is 4.74 Å². The molecular formula is C16H16ClN3O. The molecule has 5 heteroatoms. The Balaban J connectivity index is 2.19. The molecule has 1 aromatic carbocycles. The molecule has 0 amide bonds. The molecule has 3 rings (SSSR count). The van der Waals surface area contributed by atoms with Gasteiger partial charge in [0.1, 0.15) is 6.07 Å². The Bertz CT molecular complexity index is 710. The Kier molecular flexibility index (Phi) is 3.96. The Labute approximate surface area is 128 Å². The molecule has 1 aromatic heterocycles. The molecule has 1 aliphatic heterocycles. The first-order chi connectivity index (χ1) is 10.2. The summed E-state index contributed by atoms with van der Waals surface area (Å²) in [6.07, 6.45) is 2.70. The van der Waals surface area contributed by atoms with E-state index >= 15 is 0 Å². The number of para-hydroxylation sites is 1. The third kappa shape index (κ3) is 2.67. The number of anilines is 1. The summed E-state index contributed by atoms with van der Waals surface area (Å²) in [5.74, 6) is 0. The predicted molar refractivity (Wildman–Crippen MR) is 83.7 cm³/mol. The molecule has 0 unspecified atom stereocenters. The van der Waals surface area contributed by atoms with E-state index in [9.17, 15) is 5.26 Å². The van der Waals surface area contributed by atoms with Gasteiger partial charge in [-0.05, 0) is 19.4 Å². The molecule has 1 atom stereocenters. The lowest BCUT2D eigenvalue weighted by molar-refractivity contribution is 0.0821. The van der Waals surface area contributed by atoms with Gasteiger partial charge in [0.15, 0.2) is 0 Å². The van der Waals surface area contributed by atoms with Crippen molar-refractivity contribution in [1.82, 2.24) is 4.98 Å². The number of fused-ring (bicyclic) bond motifs is 1. The Morgan fingerprint density at radius 2 is 2.33 bits per heavy atom. The van der Waals surface area contributed by atoms with Gasteiger partial charge in [-0.25, -0.2) is 0 Å². The van der Waals surface area contributed by atoms with Gasteiger partial charge in [0.05, 0.1) is 27.9 Å². The Morgan fingerprint density at radius 3 is 3.14 bits per heavy atom. The molecule has 1 fully saturated rings. The smallest absolute Gasteiger partial charge is 0.103 e. The van der Waals surface area contributed by atoms with Crippen LogP contribution in [0, 0.1) is 11.3 Å². The number of rotatable bonds is 1. The highest BCUT2D eigenvalue weighted by atomic mass is 35.5. The van der Waals surface area contributed by atoms with E-state index < -0.39 is 0 Å². The van der Waals surface area contributed by atoms with Gasteiger partial charge in [0.25, 0.3) is 0 Å². The number of nitrogens with zero attached hydrogens (tertiary/aromatic N) is 3. The van der Waals surface area contributed by atoms with Crippen molar-refractivity contribution in [2.75, 3.05) is 24.6 Å². The van der Waals surface area contributed by atoms with E-state index in [-0.39, 0.29) is 6.10 Å². The number of hydrogen-bond donors (Lipinski definition) is 0. The minimum Gasteiger partial charge on any atom is -0.377 e. The fourth-order valence-electron chi connectivity index (χ4n) is 2.79. The first-order valence-electron chi connectivity index (χ1n) is 7.04. The molecule has 2 aromatic rings. The van der Waals surface area contributed by atoms with Crippen molar-refractivity contribution in [3.8, 4) is 6.07 Å². The number of hydrogen-bond acceptors (Lipinski definition) is 4. The zero-order chi connectivity index (χ0) is 14.8. The molecule has 4 nitrogen and oxygen atoms in total. The number of nitriles is 1. The molecule has 0 aliphatic carbocycles. The largest absolute Gasteiger partial charge is 0.377 e. The summed E-state index contributed by atoms with van der Waals surface area (Å²) in [5, 5.41) is 11.0. The molecule has 0 N–H and O–H groups in total. The van der Waals surface area contributed by atoms with Crippen LogP contribution in [0.4, 0.5) is 5.69 Å². The van der Waals surface area contributed by atoms with Gasteiger partial charge in [0.2, 0.25) is 0 Å². The van der Waals surface area contributed by atoms with Crippen molar-refractivity contribution in [3.05, 3.63) is 35.0 Å². The van der Waals surface area contributed by atoms with Gasteiger partial charge in [-0.2, -0.15) is 5.26 Å². The maximum Gasteiger partial charge on any atom is 0.103 e. The van der Waals surface area contributed by atoms with E-state index in [0.29, 0.717) is 10.6 Å². The van der Waals surface area contributed by atoms with Crippen LogP contribution in [-0.4, -0.2) is 30.8 Å². The van der Waals surface area contributed by atoms with Crippen molar-refractivity contribution in [2.45, 2.75) is 19.4 Å². The third-order valence-electron chi connectivity index (χ3n) is 3.71. The van der Waals surface area contributed by atoms with Gasteiger partial charge in [-0.15, -0.1) is 0 Å². The van der Waals surface area contributed by atoms with Crippen LogP contribution in [0.2, 0.25) is 5.02 Å². The summed E-state index contributed by atoms with van der Waals surface area (Å²) in [5.41, 5.74) is 2.24. The molecule has 0 saturated carbocycles. The number of pyridine rings is 1. The summed E-state index contributed by atoms with van der Waals surface area (Å²) in [7, 11) is 0. The van der Waals surface area contributed by atoms with Crippen LogP contribution in [-0.2, 0) is 4.74 Å². The third-order valence-corrected chi connectivity index (χ3v) is 4.01. The molecule has 1 saturated heterocycles. The van der Waals surface area contributed by atoms with Gasteiger partial charge in [-0.3, -0.25) is 4.98 Å². The van der Waals surface area contributed by atoms with Crippen LogP contribution in [0.15, 0.2) is 24.4 Å². The van der Waals surface area contributed by atoms with Gasteiger partial charge in [0, 0.05) is 31.3 Å². The van der Waals surface area contributed by atoms with E-state index in [1.807, 2.05) is 18.2 Å². The molecular weight excluding hydrogens is 286 g/mol. The van der Waals surface area contributed by atoms with Crippen LogP contribution >= 0.6 is 11.6 Å². The molecule has 0 spiro atoms. The van der Waals surface area contributed by atoms with Gasteiger partial charge >= 0.3 is 0 Å². The van der Waals surface area contributed by atoms with Crippen LogP contribution in [0.3, 0.4) is 0 Å². The standard InChI is InChI=1S/C16H16ClN3O/c1-11-10-20(6-3-7-21-11)16-12(8-18)9-19-15-13(16)4-2-5-14(15)17/h2,4-5,9,11H,3,6-7,10H2,1H3/t11-/m1/s1. The van der Waals surface area contributed by atoms with Crippen LogP contribution < -0.4 is 4.90 Å². The SMILES string of the molecule is C[C@@H]1CN(c2c(C#N)cnc3c(Cl)cccc23)CCCO1. The normalized spacial score (nSPS) is 19.3. The zero-order valence-corrected chi connectivity index (χ0v) is 12.6. The summed E-state index contributed by atoms with van der Waals surface area (Å²) in [4.78, 5) is 6.56. The van der Waals surface area contributed by atoms with Crippen LogP contribution in [0.5, 0.6) is 0 Å². The molecule has 21 heavy (non-hydrogen) atoms.